The van der Waals surface area contributed by atoms with Crippen molar-refractivity contribution in [3.8, 4) is 0 Å². The molecule has 0 aliphatic rings. The molecule has 0 aliphatic carbocycles. The van der Waals surface area contributed by atoms with Gasteiger partial charge in [-0.3, -0.25) is 4.79 Å². The predicted octanol–water partition coefficient (Wildman–Crippen LogP) is 1.91. The van der Waals surface area contributed by atoms with Crippen LogP contribution in [-0.2, 0) is 4.79 Å². The molecule has 1 amide bonds. The van der Waals surface area contributed by atoms with Gasteiger partial charge in [-0.25, -0.2) is 0 Å². The zero-order valence-corrected chi connectivity index (χ0v) is 9.99. The van der Waals surface area contributed by atoms with Crippen LogP contribution < -0.4 is 11.1 Å². The Labute approximate surface area is 97.0 Å². The summed E-state index contributed by atoms with van der Waals surface area (Å²) >= 11 is 0. The summed E-state index contributed by atoms with van der Waals surface area (Å²) < 4.78 is 0. The highest BCUT2D eigenvalue weighted by atomic mass is 16.1. The van der Waals surface area contributed by atoms with Gasteiger partial charge in [0.15, 0.2) is 0 Å². The Morgan fingerprint density at radius 3 is 2.88 bits per heavy atom. The molecule has 1 aromatic rings. The standard InChI is InChI=1S/C13H20N2O/c1-10-5-3-6-12(9-10)11(2)15-13(16)7-4-8-14/h3,5-6,9,11H,4,7-8,14H2,1-2H3,(H,15,16)/t11-/m1/s1. The van der Waals surface area contributed by atoms with E-state index in [0.29, 0.717) is 13.0 Å². The molecule has 0 fully saturated rings. The molecule has 16 heavy (non-hydrogen) atoms. The van der Waals surface area contributed by atoms with E-state index in [1.54, 1.807) is 0 Å². The first-order chi connectivity index (χ1) is 7.63. The Morgan fingerprint density at radius 2 is 2.25 bits per heavy atom. The minimum atomic E-state index is 0.0603. The monoisotopic (exact) mass is 220 g/mol. The summed E-state index contributed by atoms with van der Waals surface area (Å²) in [5, 5.41) is 2.96. The topological polar surface area (TPSA) is 55.1 Å². The van der Waals surface area contributed by atoms with Crippen LogP contribution in [0.5, 0.6) is 0 Å². The number of aryl methyl sites for hydroxylation is 1. The summed E-state index contributed by atoms with van der Waals surface area (Å²) in [6, 6.07) is 8.24. The first kappa shape index (κ1) is 12.7. The Bertz CT molecular complexity index is 350. The third-order valence-electron chi connectivity index (χ3n) is 2.53. The van der Waals surface area contributed by atoms with E-state index >= 15 is 0 Å². The van der Waals surface area contributed by atoms with Crippen molar-refractivity contribution in [1.82, 2.24) is 5.32 Å². The maximum absolute atomic E-state index is 11.5. The maximum Gasteiger partial charge on any atom is 0.220 e. The third-order valence-corrected chi connectivity index (χ3v) is 2.53. The number of nitrogens with one attached hydrogen (secondary N) is 1. The minimum Gasteiger partial charge on any atom is -0.350 e. The van der Waals surface area contributed by atoms with Gasteiger partial charge in [-0.1, -0.05) is 29.8 Å². The fourth-order valence-electron chi connectivity index (χ4n) is 1.60. The lowest BCUT2D eigenvalue weighted by molar-refractivity contribution is -0.121. The normalized spacial score (nSPS) is 12.2. The SMILES string of the molecule is Cc1cccc([C@@H](C)NC(=O)CCCN)c1. The van der Waals surface area contributed by atoms with Crippen molar-refractivity contribution in [3.63, 3.8) is 0 Å². The Hall–Kier alpha value is -1.35. The van der Waals surface area contributed by atoms with Crippen LogP contribution in [0.4, 0.5) is 0 Å². The third kappa shape index (κ3) is 4.03. The van der Waals surface area contributed by atoms with Crippen LogP contribution in [-0.4, -0.2) is 12.5 Å². The summed E-state index contributed by atoms with van der Waals surface area (Å²) in [6.45, 7) is 4.60. The molecule has 0 unspecified atom stereocenters. The number of amides is 1. The Balaban J connectivity index is 2.52. The fraction of sp³-hybridized carbons (Fsp3) is 0.462. The highest BCUT2D eigenvalue weighted by molar-refractivity contribution is 5.76. The van der Waals surface area contributed by atoms with Crippen LogP contribution in [0.25, 0.3) is 0 Å². The van der Waals surface area contributed by atoms with Gasteiger partial charge in [-0.15, -0.1) is 0 Å². The molecule has 0 bridgehead atoms. The van der Waals surface area contributed by atoms with E-state index in [9.17, 15) is 4.79 Å². The van der Waals surface area contributed by atoms with Crippen LogP contribution in [0.15, 0.2) is 24.3 Å². The van der Waals surface area contributed by atoms with Gasteiger partial charge in [-0.05, 0) is 32.4 Å². The summed E-state index contributed by atoms with van der Waals surface area (Å²) in [7, 11) is 0. The van der Waals surface area contributed by atoms with E-state index in [0.717, 1.165) is 12.0 Å². The molecule has 1 aromatic carbocycles. The van der Waals surface area contributed by atoms with Gasteiger partial charge in [0, 0.05) is 6.42 Å². The molecular weight excluding hydrogens is 200 g/mol. The molecular formula is C13H20N2O. The van der Waals surface area contributed by atoms with Crippen molar-refractivity contribution < 1.29 is 4.79 Å². The van der Waals surface area contributed by atoms with E-state index in [2.05, 4.69) is 11.4 Å². The first-order valence-electron chi connectivity index (χ1n) is 5.69. The van der Waals surface area contributed by atoms with Crippen LogP contribution in [0.2, 0.25) is 0 Å². The van der Waals surface area contributed by atoms with Gasteiger partial charge in [0.25, 0.3) is 0 Å². The number of carbonyl (C=O) groups is 1. The molecule has 1 rings (SSSR count). The number of benzene rings is 1. The highest BCUT2D eigenvalue weighted by Gasteiger charge is 2.08. The summed E-state index contributed by atoms with van der Waals surface area (Å²) in [5.41, 5.74) is 7.71. The van der Waals surface area contributed by atoms with Crippen molar-refractivity contribution in [3.05, 3.63) is 35.4 Å². The van der Waals surface area contributed by atoms with Crippen LogP contribution in [0, 0.1) is 6.92 Å². The van der Waals surface area contributed by atoms with Crippen molar-refractivity contribution in [2.24, 2.45) is 5.73 Å². The summed E-state index contributed by atoms with van der Waals surface area (Å²) in [6.07, 6.45) is 1.25. The van der Waals surface area contributed by atoms with Crippen molar-refractivity contribution >= 4 is 5.91 Å². The minimum absolute atomic E-state index is 0.0603. The molecule has 0 saturated carbocycles. The van der Waals surface area contributed by atoms with Gasteiger partial charge in [0.2, 0.25) is 5.91 Å². The number of hydrogen-bond acceptors (Lipinski definition) is 2. The second-order valence-corrected chi connectivity index (χ2v) is 4.10. The van der Waals surface area contributed by atoms with Crippen molar-refractivity contribution in [2.75, 3.05) is 6.54 Å². The quantitative estimate of drug-likeness (QED) is 0.796. The van der Waals surface area contributed by atoms with E-state index in [-0.39, 0.29) is 11.9 Å². The summed E-state index contributed by atoms with van der Waals surface area (Å²) in [4.78, 5) is 11.5. The van der Waals surface area contributed by atoms with E-state index in [4.69, 9.17) is 5.73 Å². The van der Waals surface area contributed by atoms with E-state index < -0.39 is 0 Å². The van der Waals surface area contributed by atoms with Crippen LogP contribution in [0.3, 0.4) is 0 Å². The smallest absolute Gasteiger partial charge is 0.220 e. The predicted molar refractivity (Wildman–Crippen MR) is 66.0 cm³/mol. The number of rotatable bonds is 5. The van der Waals surface area contributed by atoms with Crippen LogP contribution >= 0.6 is 0 Å². The van der Waals surface area contributed by atoms with Gasteiger partial charge in [0.05, 0.1) is 6.04 Å². The lowest BCUT2D eigenvalue weighted by Crippen LogP contribution is -2.26. The molecule has 3 heteroatoms. The molecule has 1 atom stereocenters. The second kappa shape index (κ2) is 6.28. The average molecular weight is 220 g/mol. The molecule has 0 spiro atoms. The molecule has 3 N–H and O–H groups in total. The van der Waals surface area contributed by atoms with E-state index in [1.807, 2.05) is 32.0 Å². The first-order valence-corrected chi connectivity index (χ1v) is 5.69. The fourth-order valence-corrected chi connectivity index (χ4v) is 1.60. The van der Waals surface area contributed by atoms with Crippen molar-refractivity contribution in [1.29, 1.82) is 0 Å². The number of carbonyl (C=O) groups excluding carboxylic acids is 1. The Kier molecular flexibility index (Phi) is 4.99. The molecule has 0 heterocycles. The second-order valence-electron chi connectivity index (χ2n) is 4.10. The molecule has 88 valence electrons. The zero-order chi connectivity index (χ0) is 12.0. The lowest BCUT2D eigenvalue weighted by atomic mass is 10.1. The summed E-state index contributed by atoms with van der Waals surface area (Å²) in [5.74, 6) is 0.0689. The zero-order valence-electron chi connectivity index (χ0n) is 9.99. The highest BCUT2D eigenvalue weighted by Crippen LogP contribution is 2.13. The molecule has 0 saturated heterocycles. The van der Waals surface area contributed by atoms with Gasteiger partial charge in [0.1, 0.15) is 0 Å². The van der Waals surface area contributed by atoms with E-state index in [1.165, 1.54) is 5.56 Å². The maximum atomic E-state index is 11.5. The average Bonchev–Trinajstić information content (AvgIpc) is 2.26. The van der Waals surface area contributed by atoms with Gasteiger partial charge in [-0.2, -0.15) is 0 Å². The largest absolute Gasteiger partial charge is 0.350 e. The van der Waals surface area contributed by atoms with Gasteiger partial charge < -0.3 is 11.1 Å². The number of nitrogens with two attached hydrogens (primary N) is 1. The molecule has 0 radical (unpaired) electrons. The van der Waals surface area contributed by atoms with Gasteiger partial charge >= 0.3 is 0 Å². The number of hydrogen-bond donors (Lipinski definition) is 2. The Morgan fingerprint density at radius 1 is 1.50 bits per heavy atom. The van der Waals surface area contributed by atoms with Crippen molar-refractivity contribution in [2.45, 2.75) is 32.7 Å². The molecule has 3 nitrogen and oxygen atoms in total. The molecule has 0 aliphatic heterocycles. The van der Waals surface area contributed by atoms with Crippen LogP contribution in [0.1, 0.15) is 36.9 Å². The molecule has 0 aromatic heterocycles. The lowest BCUT2D eigenvalue weighted by Gasteiger charge is -2.14.